The Morgan fingerprint density at radius 3 is 2.61 bits per heavy atom. The van der Waals surface area contributed by atoms with Crippen molar-refractivity contribution in [1.82, 2.24) is 15.0 Å². The largest absolute Gasteiger partial charge is 0.348 e. The van der Waals surface area contributed by atoms with Crippen molar-refractivity contribution in [3.05, 3.63) is 82.2 Å². The quantitative estimate of drug-likeness (QED) is 0.775. The molecule has 1 unspecified atom stereocenters. The summed E-state index contributed by atoms with van der Waals surface area (Å²) in [7, 11) is 0. The molecule has 118 valence electrons. The first-order valence-corrected chi connectivity index (χ1v) is 8.03. The zero-order valence-corrected chi connectivity index (χ0v) is 14.2. The first-order valence-electron chi connectivity index (χ1n) is 8.03. The van der Waals surface area contributed by atoms with E-state index in [1.54, 1.807) is 6.33 Å². The summed E-state index contributed by atoms with van der Waals surface area (Å²) < 4.78 is 0. The Balaban J connectivity index is 2.05. The van der Waals surface area contributed by atoms with E-state index in [0.717, 1.165) is 23.5 Å². The van der Waals surface area contributed by atoms with E-state index in [1.165, 1.54) is 22.3 Å². The van der Waals surface area contributed by atoms with Crippen molar-refractivity contribution in [2.45, 2.75) is 40.0 Å². The normalized spacial score (nSPS) is 12.3. The highest BCUT2D eigenvalue weighted by atomic mass is 14.9. The molecule has 2 aromatic heterocycles. The van der Waals surface area contributed by atoms with Gasteiger partial charge in [-0.1, -0.05) is 18.2 Å². The van der Waals surface area contributed by atoms with Crippen LogP contribution in [-0.2, 0) is 6.42 Å². The Kier molecular flexibility index (Phi) is 4.28. The third-order valence-electron chi connectivity index (χ3n) is 4.48. The maximum absolute atomic E-state index is 4.73. The molecule has 0 saturated carbocycles. The minimum absolute atomic E-state index is 0.242. The molecule has 1 N–H and O–H groups in total. The van der Waals surface area contributed by atoms with E-state index in [0.29, 0.717) is 0 Å². The Bertz CT molecular complexity index is 784. The van der Waals surface area contributed by atoms with Gasteiger partial charge in [0.15, 0.2) is 0 Å². The summed E-state index contributed by atoms with van der Waals surface area (Å²) in [6, 6.07) is 10.8. The number of rotatable bonds is 4. The molecule has 3 nitrogen and oxygen atoms in total. The first kappa shape index (κ1) is 15.5. The van der Waals surface area contributed by atoms with Crippen LogP contribution in [0.2, 0.25) is 0 Å². The SMILES string of the molecule is Cc1cc(C)nc(CC(c2cnc[nH]2)c2cccc(C)c2C)c1. The number of nitrogens with zero attached hydrogens (tertiary/aromatic N) is 2. The van der Waals surface area contributed by atoms with Gasteiger partial charge in [0.1, 0.15) is 0 Å². The van der Waals surface area contributed by atoms with Crippen LogP contribution in [0, 0.1) is 27.7 Å². The van der Waals surface area contributed by atoms with Crippen molar-refractivity contribution in [2.24, 2.45) is 0 Å². The van der Waals surface area contributed by atoms with Gasteiger partial charge in [-0.15, -0.1) is 0 Å². The van der Waals surface area contributed by atoms with E-state index in [4.69, 9.17) is 4.98 Å². The van der Waals surface area contributed by atoms with E-state index in [-0.39, 0.29) is 5.92 Å². The number of aryl methyl sites for hydroxylation is 3. The maximum atomic E-state index is 4.73. The van der Waals surface area contributed by atoms with Crippen LogP contribution in [0.5, 0.6) is 0 Å². The summed E-state index contributed by atoms with van der Waals surface area (Å²) in [5.41, 5.74) is 8.61. The van der Waals surface area contributed by atoms with Crippen molar-refractivity contribution < 1.29 is 0 Å². The zero-order valence-electron chi connectivity index (χ0n) is 14.2. The summed E-state index contributed by atoms with van der Waals surface area (Å²) in [6.45, 7) is 8.54. The molecule has 2 heterocycles. The topological polar surface area (TPSA) is 41.6 Å². The fourth-order valence-corrected chi connectivity index (χ4v) is 3.23. The van der Waals surface area contributed by atoms with Crippen molar-refractivity contribution in [2.75, 3.05) is 0 Å². The summed E-state index contributed by atoms with van der Waals surface area (Å²) >= 11 is 0. The summed E-state index contributed by atoms with van der Waals surface area (Å²) in [5, 5.41) is 0. The van der Waals surface area contributed by atoms with Crippen LogP contribution >= 0.6 is 0 Å². The van der Waals surface area contributed by atoms with Crippen molar-refractivity contribution in [1.29, 1.82) is 0 Å². The molecule has 0 aliphatic carbocycles. The molecular weight excluding hydrogens is 282 g/mol. The molecule has 0 amide bonds. The fraction of sp³-hybridized carbons (Fsp3) is 0.300. The van der Waals surface area contributed by atoms with E-state index in [9.17, 15) is 0 Å². The number of pyridine rings is 1. The Morgan fingerprint density at radius 1 is 1.09 bits per heavy atom. The number of hydrogen-bond donors (Lipinski definition) is 1. The van der Waals surface area contributed by atoms with Crippen LogP contribution in [0.1, 0.15) is 45.3 Å². The van der Waals surface area contributed by atoms with Gasteiger partial charge in [-0.05, 0) is 62.1 Å². The molecule has 0 aliphatic rings. The summed E-state index contributed by atoms with van der Waals surface area (Å²) in [5.74, 6) is 0.242. The lowest BCUT2D eigenvalue weighted by molar-refractivity contribution is 0.751. The van der Waals surface area contributed by atoms with Crippen LogP contribution < -0.4 is 0 Å². The number of nitrogens with one attached hydrogen (secondary N) is 1. The lowest BCUT2D eigenvalue weighted by Crippen LogP contribution is -2.10. The number of hydrogen-bond acceptors (Lipinski definition) is 2. The molecule has 3 heteroatoms. The number of aromatic amines is 1. The summed E-state index contributed by atoms with van der Waals surface area (Å²) in [6.07, 6.45) is 4.55. The second kappa shape index (κ2) is 6.37. The van der Waals surface area contributed by atoms with Gasteiger partial charge in [0.25, 0.3) is 0 Å². The highest BCUT2D eigenvalue weighted by Gasteiger charge is 2.19. The van der Waals surface area contributed by atoms with Gasteiger partial charge >= 0.3 is 0 Å². The van der Waals surface area contributed by atoms with Gasteiger partial charge in [0.2, 0.25) is 0 Å². The summed E-state index contributed by atoms with van der Waals surface area (Å²) in [4.78, 5) is 12.2. The highest BCUT2D eigenvalue weighted by molar-refractivity contribution is 5.40. The van der Waals surface area contributed by atoms with Gasteiger partial charge in [-0.3, -0.25) is 4.98 Å². The van der Waals surface area contributed by atoms with Crippen LogP contribution in [0.15, 0.2) is 42.9 Å². The highest BCUT2D eigenvalue weighted by Crippen LogP contribution is 2.30. The molecular formula is C20H23N3. The average molecular weight is 305 g/mol. The third-order valence-corrected chi connectivity index (χ3v) is 4.48. The molecule has 3 aromatic rings. The smallest absolute Gasteiger partial charge is 0.0921 e. The van der Waals surface area contributed by atoms with Crippen LogP contribution in [0.25, 0.3) is 0 Å². The number of imidazole rings is 1. The Hall–Kier alpha value is -2.42. The third kappa shape index (κ3) is 3.34. The van der Waals surface area contributed by atoms with E-state index < -0.39 is 0 Å². The van der Waals surface area contributed by atoms with E-state index >= 15 is 0 Å². The van der Waals surface area contributed by atoms with Gasteiger partial charge in [-0.2, -0.15) is 0 Å². The van der Waals surface area contributed by atoms with Crippen molar-refractivity contribution in [3.8, 4) is 0 Å². The number of H-pyrrole nitrogens is 1. The van der Waals surface area contributed by atoms with E-state index in [2.05, 4.69) is 68.0 Å². The lowest BCUT2D eigenvalue weighted by atomic mass is 9.86. The second-order valence-corrected chi connectivity index (χ2v) is 6.33. The Labute approximate surface area is 137 Å². The molecule has 1 aromatic carbocycles. The zero-order chi connectivity index (χ0) is 16.4. The van der Waals surface area contributed by atoms with Crippen LogP contribution in [0.4, 0.5) is 0 Å². The number of aromatic nitrogens is 3. The van der Waals surface area contributed by atoms with Gasteiger partial charge in [0, 0.05) is 35.6 Å². The van der Waals surface area contributed by atoms with Gasteiger partial charge in [0.05, 0.1) is 6.33 Å². The number of benzene rings is 1. The fourth-order valence-electron chi connectivity index (χ4n) is 3.23. The predicted octanol–water partition coefficient (Wildman–Crippen LogP) is 4.41. The maximum Gasteiger partial charge on any atom is 0.0921 e. The van der Waals surface area contributed by atoms with Crippen LogP contribution in [-0.4, -0.2) is 15.0 Å². The average Bonchev–Trinajstić information content (AvgIpc) is 3.01. The molecule has 0 fully saturated rings. The minimum Gasteiger partial charge on any atom is -0.348 e. The molecule has 1 atom stereocenters. The Morgan fingerprint density at radius 2 is 1.91 bits per heavy atom. The molecule has 0 aliphatic heterocycles. The second-order valence-electron chi connectivity index (χ2n) is 6.33. The van der Waals surface area contributed by atoms with Gasteiger partial charge < -0.3 is 4.98 Å². The van der Waals surface area contributed by atoms with E-state index in [1.807, 2.05) is 6.20 Å². The van der Waals surface area contributed by atoms with Crippen molar-refractivity contribution >= 4 is 0 Å². The minimum atomic E-state index is 0.242. The van der Waals surface area contributed by atoms with Crippen molar-refractivity contribution in [3.63, 3.8) is 0 Å². The molecule has 3 rings (SSSR count). The van der Waals surface area contributed by atoms with Gasteiger partial charge in [-0.25, -0.2) is 4.98 Å². The molecule has 0 saturated heterocycles. The monoisotopic (exact) mass is 305 g/mol. The molecule has 0 radical (unpaired) electrons. The standard InChI is InChI=1S/C20H23N3/c1-13-8-15(3)23-17(9-13)10-19(20-11-21-12-22-20)18-7-5-6-14(2)16(18)4/h5-9,11-12,19H,10H2,1-4H3,(H,21,22). The lowest BCUT2D eigenvalue weighted by Gasteiger charge is -2.19. The molecule has 23 heavy (non-hydrogen) atoms. The predicted molar refractivity (Wildman–Crippen MR) is 93.8 cm³/mol. The molecule has 0 spiro atoms. The van der Waals surface area contributed by atoms with Crippen LogP contribution in [0.3, 0.4) is 0 Å². The molecule has 0 bridgehead atoms. The first-order chi connectivity index (χ1) is 11.0.